The fourth-order valence-corrected chi connectivity index (χ4v) is 6.96. The lowest BCUT2D eigenvalue weighted by molar-refractivity contribution is 0.0821. The summed E-state index contributed by atoms with van der Waals surface area (Å²) < 4.78 is 36.3. The second-order valence-electron chi connectivity index (χ2n) is 15.4. The number of para-hydroxylation sites is 6. The normalized spacial score (nSPS) is 10.1. The number of phenols is 2. The highest BCUT2D eigenvalue weighted by Crippen LogP contribution is 2.25. The van der Waals surface area contributed by atoms with Crippen LogP contribution in [-0.4, -0.2) is 74.8 Å². The lowest BCUT2D eigenvalue weighted by atomic mass is 10.2. The van der Waals surface area contributed by atoms with E-state index in [4.69, 9.17) is 64.6 Å². The minimum absolute atomic E-state index is 0. The maximum Gasteiger partial charge on any atom is 0.181 e. The molecule has 0 amide bonds. The summed E-state index contributed by atoms with van der Waals surface area (Å²) in [5.74, 6) is 0.209. The molecule has 4 heterocycles. The quantitative estimate of drug-likeness (QED) is 0.0121. The summed E-state index contributed by atoms with van der Waals surface area (Å²) in [5.41, 5.74) is 40.6. The fraction of sp³-hybridized carbons (Fsp3) is 0.245. The van der Waals surface area contributed by atoms with Gasteiger partial charge in [-0.05, 0) is 78.0 Å². The van der Waals surface area contributed by atoms with E-state index in [-0.39, 0.29) is 32.1 Å². The number of oxazole rings is 4. The molecule has 0 saturated carbocycles. The van der Waals surface area contributed by atoms with Crippen molar-refractivity contribution in [3.8, 4) is 11.5 Å². The smallest absolute Gasteiger partial charge is 0.181 e. The van der Waals surface area contributed by atoms with E-state index >= 15 is 0 Å². The molecule has 0 saturated heterocycles. The van der Waals surface area contributed by atoms with Crippen LogP contribution in [-0.2, 0) is 39.4 Å². The number of benzene rings is 6. The number of fused-ring (bicyclic) bond motifs is 4. The number of aliphatic hydroxyl groups excluding tert-OH is 1. The molecule has 0 aliphatic heterocycles. The van der Waals surface area contributed by atoms with Crippen LogP contribution in [0.2, 0.25) is 0 Å². The Balaban J connectivity index is 0.000000199. The van der Waals surface area contributed by atoms with Crippen molar-refractivity contribution in [2.24, 2.45) is 10.2 Å². The highest BCUT2D eigenvalue weighted by atomic mass is 79.9. The Bertz CT molecular complexity index is 3370. The molecule has 0 bridgehead atoms. The van der Waals surface area contributed by atoms with Gasteiger partial charge in [-0.2, -0.15) is 0 Å². The van der Waals surface area contributed by atoms with Gasteiger partial charge in [0.05, 0.1) is 57.6 Å². The van der Waals surface area contributed by atoms with E-state index in [0.717, 1.165) is 83.1 Å². The topological polar surface area (TPSA) is 342 Å². The molecule has 0 aliphatic rings. The number of aliphatic hydroxyl groups is 1. The number of azide groups is 2. The van der Waals surface area contributed by atoms with Gasteiger partial charge < -0.3 is 58.7 Å². The zero-order chi connectivity index (χ0) is 53.6. The SMILES string of the molecule is BrCc1cccc2ocnc12.C.Cc1cccc(O)c1N.Cc1cccc2ocnc12.OCCOCc1cccc2ocnc12.[N-]=[N+]=NCCOCc1cccc(O)c1N.[N-]=[N+]=NCCOCc1cccc2ocnc12. The Morgan fingerprint density at radius 3 is 1.33 bits per heavy atom. The molecule has 10 aromatic rings. The molecule has 398 valence electrons. The number of aromatic nitrogens is 4. The van der Waals surface area contributed by atoms with Gasteiger partial charge in [0.15, 0.2) is 47.9 Å². The molecule has 0 fully saturated rings. The third-order valence-corrected chi connectivity index (χ3v) is 10.9. The Labute approximate surface area is 445 Å². The molecule has 4 aromatic heterocycles. The van der Waals surface area contributed by atoms with Gasteiger partial charge in [-0.25, -0.2) is 19.9 Å². The number of aromatic hydroxyl groups is 2. The monoisotopic (exact) mass is 1100 g/mol. The first kappa shape index (κ1) is 59.9. The Hall–Kier alpha value is -8.66. The average molecular weight is 1100 g/mol. The number of nitrogens with zero attached hydrogens (tertiary/aromatic N) is 10. The van der Waals surface area contributed by atoms with Crippen LogP contribution in [0.4, 0.5) is 11.4 Å². The van der Waals surface area contributed by atoms with E-state index in [9.17, 15) is 5.11 Å². The predicted molar refractivity (Wildman–Crippen MR) is 294 cm³/mol. The van der Waals surface area contributed by atoms with Crippen LogP contribution in [0.5, 0.6) is 11.5 Å². The van der Waals surface area contributed by atoms with Crippen molar-refractivity contribution < 1.29 is 47.2 Å². The predicted octanol–water partition coefficient (Wildman–Crippen LogP) is 12.6. The van der Waals surface area contributed by atoms with Gasteiger partial charge in [-0.3, -0.25) is 0 Å². The van der Waals surface area contributed by atoms with Crippen molar-refractivity contribution >= 4 is 71.7 Å². The zero-order valence-corrected chi connectivity index (χ0v) is 42.6. The standard InChI is InChI=1S/C10H10N4O2.C10H11NO3.C9H12N4O2.C8H6BrNO.C8H7NO.C7H9NO.CH4/c11-14-13-4-5-15-6-8-2-1-3-9-10(8)12-7-16-9;12-4-5-13-6-8-2-1-3-9-10(8)11-7-14-9;10-9-7(2-1-3-8(9)14)6-15-5-4-12-13-11;9-4-6-2-1-3-7-8(6)10-5-11-7;1-6-3-2-4-7-8(6)9-5-10-7;1-5-3-2-4-6(9)7(5)8;/h1-3,7H,4-6H2;1-3,7,12H,4-6H2;1-3,14H,4-6,10H2;1-3,5H,4H2;2-5H,1H3;2-4,9H,8H2,1H3;1H4. The Morgan fingerprint density at radius 2 is 0.882 bits per heavy atom. The van der Waals surface area contributed by atoms with Gasteiger partial charge in [0, 0.05) is 44.9 Å². The largest absolute Gasteiger partial charge is 0.506 e. The number of aryl methyl sites for hydroxylation is 2. The van der Waals surface area contributed by atoms with Crippen molar-refractivity contribution in [3.63, 3.8) is 0 Å². The van der Waals surface area contributed by atoms with E-state index in [1.807, 2.05) is 92.7 Å². The number of hydrogen-bond acceptors (Lipinski definition) is 18. The minimum Gasteiger partial charge on any atom is -0.506 e. The first-order chi connectivity index (χ1) is 36.6. The first-order valence-electron chi connectivity index (χ1n) is 22.8. The molecule has 0 unspecified atom stereocenters. The van der Waals surface area contributed by atoms with Crippen LogP contribution in [0, 0.1) is 13.8 Å². The van der Waals surface area contributed by atoms with Gasteiger partial charge in [0.2, 0.25) is 0 Å². The van der Waals surface area contributed by atoms with Crippen molar-refractivity contribution in [1.82, 2.24) is 19.9 Å². The fourth-order valence-electron chi connectivity index (χ4n) is 6.51. The van der Waals surface area contributed by atoms with Crippen LogP contribution >= 0.6 is 15.9 Å². The van der Waals surface area contributed by atoms with E-state index in [1.54, 1.807) is 24.3 Å². The number of ether oxygens (including phenoxy) is 3. The van der Waals surface area contributed by atoms with Crippen molar-refractivity contribution in [2.45, 2.75) is 46.4 Å². The Morgan fingerprint density at radius 1 is 0.513 bits per heavy atom. The maximum atomic E-state index is 9.29. The van der Waals surface area contributed by atoms with Crippen LogP contribution in [0.15, 0.2) is 163 Å². The molecule has 10 rings (SSSR count). The summed E-state index contributed by atoms with van der Waals surface area (Å²) in [5, 5.41) is 34.3. The number of phenolic OH excluding ortho intramolecular Hbond substituents is 2. The molecule has 0 atom stereocenters. The van der Waals surface area contributed by atoms with E-state index in [1.165, 1.54) is 31.6 Å². The summed E-state index contributed by atoms with van der Waals surface area (Å²) in [6, 6.07) is 33.3. The summed E-state index contributed by atoms with van der Waals surface area (Å²) in [6.45, 7) is 6.79. The highest BCUT2D eigenvalue weighted by Gasteiger charge is 2.07. The summed E-state index contributed by atoms with van der Waals surface area (Å²) >= 11 is 3.38. The van der Waals surface area contributed by atoms with Gasteiger partial charge in [0.1, 0.15) is 33.6 Å². The molecule has 6 aromatic carbocycles. The molecule has 22 nitrogen and oxygen atoms in total. The van der Waals surface area contributed by atoms with Gasteiger partial charge in [0.25, 0.3) is 0 Å². The molecule has 7 N–H and O–H groups in total. The number of hydrogen-bond donors (Lipinski definition) is 5. The van der Waals surface area contributed by atoms with E-state index in [0.29, 0.717) is 57.6 Å². The molecule has 0 radical (unpaired) electrons. The second-order valence-corrected chi connectivity index (χ2v) is 16.0. The summed E-state index contributed by atoms with van der Waals surface area (Å²) in [6.07, 6.45) is 5.77. The lowest BCUT2D eigenvalue weighted by Crippen LogP contribution is -2.01. The minimum atomic E-state index is 0. The molecular weight excluding hydrogens is 1040 g/mol. The molecule has 23 heteroatoms. The van der Waals surface area contributed by atoms with Crippen molar-refractivity contribution in [1.29, 1.82) is 0 Å². The van der Waals surface area contributed by atoms with Crippen LogP contribution in [0.3, 0.4) is 0 Å². The van der Waals surface area contributed by atoms with Crippen LogP contribution in [0.25, 0.3) is 65.3 Å². The van der Waals surface area contributed by atoms with Gasteiger partial charge in [-0.15, -0.1) is 0 Å². The maximum absolute atomic E-state index is 9.29. The van der Waals surface area contributed by atoms with E-state index < -0.39 is 0 Å². The molecule has 0 aliphatic carbocycles. The van der Waals surface area contributed by atoms with Crippen LogP contribution < -0.4 is 11.5 Å². The summed E-state index contributed by atoms with van der Waals surface area (Å²) in [4.78, 5) is 21.6. The highest BCUT2D eigenvalue weighted by molar-refractivity contribution is 9.08. The number of alkyl halides is 1. The van der Waals surface area contributed by atoms with Crippen LogP contribution in [0.1, 0.15) is 40.8 Å². The third-order valence-electron chi connectivity index (χ3n) is 10.3. The van der Waals surface area contributed by atoms with Gasteiger partial charge >= 0.3 is 0 Å². The lowest BCUT2D eigenvalue weighted by Gasteiger charge is -2.07. The van der Waals surface area contributed by atoms with Gasteiger partial charge in [-0.1, -0.05) is 106 Å². The number of anilines is 2. The molecular formula is C53H59BrN12O10. The summed E-state index contributed by atoms with van der Waals surface area (Å²) in [7, 11) is 0. The number of rotatable bonds is 15. The average Bonchev–Trinajstić information content (AvgIpc) is 4.29. The molecule has 76 heavy (non-hydrogen) atoms. The number of halogens is 1. The Kier molecular flexibility index (Phi) is 26.2. The van der Waals surface area contributed by atoms with E-state index in [2.05, 4.69) is 55.9 Å². The van der Waals surface area contributed by atoms with Crippen molar-refractivity contribution in [3.05, 3.63) is 189 Å². The number of nitrogen functional groups attached to an aromatic ring is 2. The zero-order valence-electron chi connectivity index (χ0n) is 41.0. The number of nitrogens with two attached hydrogens (primary N) is 2. The first-order valence-corrected chi connectivity index (χ1v) is 24.0. The molecule has 0 spiro atoms. The van der Waals surface area contributed by atoms with Crippen molar-refractivity contribution in [2.75, 3.05) is 51.0 Å². The second kappa shape index (κ2) is 33.2. The third kappa shape index (κ3) is 18.7.